The molecule has 0 unspecified atom stereocenters. The number of benzene rings is 2. The number of esters is 1. The van der Waals surface area contributed by atoms with Gasteiger partial charge < -0.3 is 4.74 Å². The molecule has 0 spiro atoms. The number of carbonyl (C=O) groups is 1. The molecule has 0 aliphatic heterocycles. The van der Waals surface area contributed by atoms with Gasteiger partial charge in [0, 0.05) is 18.7 Å². The van der Waals surface area contributed by atoms with Gasteiger partial charge in [0.15, 0.2) is 0 Å². The van der Waals surface area contributed by atoms with E-state index in [1.54, 1.807) is 19.1 Å². The second kappa shape index (κ2) is 8.71. The molecular weight excluding hydrogens is 396 g/mol. The first-order valence-corrected chi connectivity index (χ1v) is 10.4. The van der Waals surface area contributed by atoms with Gasteiger partial charge in [0.1, 0.15) is 5.54 Å². The van der Waals surface area contributed by atoms with Crippen LogP contribution in [0.2, 0.25) is 0 Å². The Bertz CT molecular complexity index is 983. The van der Waals surface area contributed by atoms with E-state index in [4.69, 9.17) is 4.74 Å². The Morgan fingerprint density at radius 2 is 1.66 bits per heavy atom. The molecule has 0 aromatic heterocycles. The van der Waals surface area contributed by atoms with Crippen molar-refractivity contribution in [3.8, 4) is 0 Å². The molecule has 0 aliphatic carbocycles. The quantitative estimate of drug-likeness (QED) is 0.368. The lowest BCUT2D eigenvalue weighted by molar-refractivity contribution is -0.384. The zero-order valence-corrected chi connectivity index (χ0v) is 17.6. The van der Waals surface area contributed by atoms with Crippen LogP contribution in [0.25, 0.3) is 0 Å². The van der Waals surface area contributed by atoms with Gasteiger partial charge in [-0.2, -0.15) is 4.31 Å². The number of nitro benzene ring substituents is 1. The monoisotopic (exact) mass is 420 g/mol. The average Bonchev–Trinajstić information content (AvgIpc) is 2.67. The second-order valence-corrected chi connectivity index (χ2v) is 8.89. The zero-order chi connectivity index (χ0) is 21.8. The van der Waals surface area contributed by atoms with Gasteiger partial charge in [0.2, 0.25) is 10.0 Å². The van der Waals surface area contributed by atoms with Crippen molar-refractivity contribution in [1.82, 2.24) is 4.31 Å². The maximum atomic E-state index is 13.4. The smallest absolute Gasteiger partial charge is 0.327 e. The van der Waals surface area contributed by atoms with Crippen LogP contribution in [-0.4, -0.2) is 35.8 Å². The Hall–Kier alpha value is -2.78. The van der Waals surface area contributed by atoms with Crippen molar-refractivity contribution in [3.63, 3.8) is 0 Å². The summed E-state index contributed by atoms with van der Waals surface area (Å²) >= 11 is 0. The molecule has 0 aliphatic rings. The number of nitrogens with zero attached hydrogens (tertiary/aromatic N) is 2. The highest BCUT2D eigenvalue weighted by atomic mass is 32.2. The van der Waals surface area contributed by atoms with Gasteiger partial charge in [0.25, 0.3) is 5.69 Å². The molecule has 2 rings (SSSR count). The van der Waals surface area contributed by atoms with E-state index in [0.29, 0.717) is 5.56 Å². The van der Waals surface area contributed by atoms with Gasteiger partial charge in [-0.1, -0.05) is 29.8 Å². The van der Waals surface area contributed by atoms with Crippen LogP contribution in [0.1, 0.15) is 31.9 Å². The minimum absolute atomic E-state index is 0.0641. The summed E-state index contributed by atoms with van der Waals surface area (Å²) in [6.07, 6.45) is 0. The number of rotatable bonds is 8. The molecule has 0 N–H and O–H groups in total. The van der Waals surface area contributed by atoms with Crippen molar-refractivity contribution in [2.45, 2.75) is 44.7 Å². The molecule has 8 nitrogen and oxygen atoms in total. The molecule has 0 amide bonds. The summed E-state index contributed by atoms with van der Waals surface area (Å²) in [5.41, 5.74) is -0.0121. The van der Waals surface area contributed by atoms with E-state index < -0.39 is 26.5 Å². The Balaban J connectivity index is 2.53. The summed E-state index contributed by atoms with van der Waals surface area (Å²) < 4.78 is 32.9. The highest BCUT2D eigenvalue weighted by Gasteiger charge is 2.44. The van der Waals surface area contributed by atoms with Crippen LogP contribution in [-0.2, 0) is 26.1 Å². The largest absolute Gasteiger partial charge is 0.465 e. The molecule has 156 valence electrons. The van der Waals surface area contributed by atoms with Crippen molar-refractivity contribution in [2.75, 3.05) is 6.61 Å². The third kappa shape index (κ3) is 4.99. The summed E-state index contributed by atoms with van der Waals surface area (Å²) in [5, 5.41) is 10.9. The van der Waals surface area contributed by atoms with E-state index in [2.05, 4.69) is 0 Å². The van der Waals surface area contributed by atoms with E-state index in [-0.39, 0.29) is 23.7 Å². The maximum absolute atomic E-state index is 13.4. The molecule has 0 saturated heterocycles. The minimum Gasteiger partial charge on any atom is -0.465 e. The van der Waals surface area contributed by atoms with Crippen molar-refractivity contribution in [1.29, 1.82) is 0 Å². The number of nitro groups is 1. The van der Waals surface area contributed by atoms with E-state index in [9.17, 15) is 23.3 Å². The topological polar surface area (TPSA) is 107 Å². The Labute approximate surface area is 170 Å². The Kier molecular flexibility index (Phi) is 6.76. The van der Waals surface area contributed by atoms with Crippen molar-refractivity contribution in [3.05, 3.63) is 69.8 Å². The second-order valence-electron chi connectivity index (χ2n) is 7.03. The highest BCUT2D eigenvalue weighted by molar-refractivity contribution is 7.89. The highest BCUT2D eigenvalue weighted by Crippen LogP contribution is 2.29. The Morgan fingerprint density at radius 3 is 2.14 bits per heavy atom. The third-order valence-corrected chi connectivity index (χ3v) is 6.51. The summed E-state index contributed by atoms with van der Waals surface area (Å²) in [7, 11) is -4.16. The number of sulfonamides is 1. The van der Waals surface area contributed by atoms with Gasteiger partial charge in [-0.05, 0) is 45.4 Å². The molecule has 0 bridgehead atoms. The van der Waals surface area contributed by atoms with Crippen LogP contribution < -0.4 is 0 Å². The van der Waals surface area contributed by atoms with Crippen LogP contribution >= 0.6 is 0 Å². The van der Waals surface area contributed by atoms with E-state index in [1.807, 2.05) is 19.1 Å². The van der Waals surface area contributed by atoms with Gasteiger partial charge in [0.05, 0.1) is 16.4 Å². The van der Waals surface area contributed by atoms with E-state index in [0.717, 1.165) is 34.1 Å². The predicted octanol–water partition coefficient (Wildman–Crippen LogP) is 3.44. The fourth-order valence-electron chi connectivity index (χ4n) is 2.72. The van der Waals surface area contributed by atoms with Crippen LogP contribution in [0.15, 0.2) is 53.4 Å². The molecule has 0 atom stereocenters. The molecule has 0 radical (unpaired) electrons. The number of aryl methyl sites for hydroxylation is 1. The van der Waals surface area contributed by atoms with Gasteiger partial charge >= 0.3 is 5.97 Å². The van der Waals surface area contributed by atoms with Crippen LogP contribution in [0.5, 0.6) is 0 Å². The number of carbonyl (C=O) groups excluding carboxylic acids is 1. The summed E-state index contributed by atoms with van der Waals surface area (Å²) in [5.74, 6) is -0.683. The molecule has 29 heavy (non-hydrogen) atoms. The van der Waals surface area contributed by atoms with Gasteiger partial charge in [-0.15, -0.1) is 0 Å². The first kappa shape index (κ1) is 22.5. The van der Waals surface area contributed by atoms with Crippen molar-refractivity contribution < 1.29 is 22.9 Å². The standard InChI is InChI=1S/C20H24N2O6S/c1-5-28-19(23)20(3,4)21(14-16-8-6-15(2)7-9-16)29(26,27)18-12-10-17(11-13-18)22(24)25/h6-13H,5,14H2,1-4H3. The normalized spacial score (nSPS) is 12.0. The lowest BCUT2D eigenvalue weighted by atomic mass is 10.0. The van der Waals surface area contributed by atoms with Crippen molar-refractivity contribution in [2.24, 2.45) is 0 Å². The van der Waals surface area contributed by atoms with Crippen LogP contribution in [0, 0.1) is 17.0 Å². The minimum atomic E-state index is -4.16. The first-order chi connectivity index (χ1) is 13.5. The molecule has 0 heterocycles. The fraction of sp³-hybridized carbons (Fsp3) is 0.350. The van der Waals surface area contributed by atoms with Gasteiger partial charge in [-0.3, -0.25) is 14.9 Å². The molecule has 9 heteroatoms. The maximum Gasteiger partial charge on any atom is 0.327 e. The first-order valence-electron chi connectivity index (χ1n) is 9.00. The van der Waals surface area contributed by atoms with Gasteiger partial charge in [-0.25, -0.2) is 8.42 Å². The Morgan fingerprint density at radius 1 is 1.10 bits per heavy atom. The number of hydrogen-bond donors (Lipinski definition) is 0. The third-order valence-electron chi connectivity index (χ3n) is 4.48. The molecule has 2 aromatic rings. The molecule has 0 saturated carbocycles. The number of hydrogen-bond acceptors (Lipinski definition) is 6. The van der Waals surface area contributed by atoms with Crippen LogP contribution in [0.4, 0.5) is 5.69 Å². The SMILES string of the molecule is CCOC(=O)C(C)(C)N(Cc1ccc(C)cc1)S(=O)(=O)c1ccc([N+](=O)[O-])cc1. The van der Waals surface area contributed by atoms with E-state index in [1.165, 1.54) is 13.8 Å². The van der Waals surface area contributed by atoms with Crippen molar-refractivity contribution >= 4 is 21.7 Å². The molecule has 0 fully saturated rings. The number of non-ortho nitro benzene ring substituents is 1. The zero-order valence-electron chi connectivity index (χ0n) is 16.8. The van der Waals surface area contributed by atoms with Crippen LogP contribution in [0.3, 0.4) is 0 Å². The lowest BCUT2D eigenvalue weighted by Gasteiger charge is -2.35. The lowest BCUT2D eigenvalue weighted by Crippen LogP contribution is -2.53. The fourth-order valence-corrected chi connectivity index (χ4v) is 4.45. The summed E-state index contributed by atoms with van der Waals surface area (Å²) in [6.45, 7) is 6.55. The predicted molar refractivity (Wildman–Crippen MR) is 108 cm³/mol. The summed E-state index contributed by atoms with van der Waals surface area (Å²) in [4.78, 5) is 22.7. The molecule has 2 aromatic carbocycles. The molecular formula is C20H24N2O6S. The summed E-state index contributed by atoms with van der Waals surface area (Å²) in [6, 6.07) is 11.8. The average molecular weight is 420 g/mol. The van der Waals surface area contributed by atoms with E-state index >= 15 is 0 Å². The number of ether oxygens (including phenoxy) is 1.